The van der Waals surface area contributed by atoms with E-state index in [2.05, 4.69) is 13.8 Å². The fraction of sp³-hybridized carbons (Fsp3) is 1.00. The van der Waals surface area contributed by atoms with E-state index < -0.39 is 0 Å². The van der Waals surface area contributed by atoms with Crippen LogP contribution in [0, 0.1) is 10.8 Å². The molecule has 2 aliphatic carbocycles. The van der Waals surface area contributed by atoms with Gasteiger partial charge in [-0.1, -0.05) is 65.2 Å². The first-order valence-electron chi connectivity index (χ1n) is 8.79. The molecule has 0 heteroatoms. The molecule has 0 amide bonds. The second-order valence-corrected chi connectivity index (χ2v) is 7.18. The van der Waals surface area contributed by atoms with Crippen LogP contribution in [-0.2, 0) is 0 Å². The lowest BCUT2D eigenvalue weighted by Crippen LogP contribution is -2.45. The third-order valence-corrected chi connectivity index (χ3v) is 6.26. The minimum absolute atomic E-state index is 0.787. The van der Waals surface area contributed by atoms with Crippen molar-refractivity contribution in [2.24, 2.45) is 10.8 Å². The molecular formula is C18H34. The Morgan fingerprint density at radius 1 is 0.611 bits per heavy atom. The first-order valence-corrected chi connectivity index (χ1v) is 8.79. The molecule has 0 radical (unpaired) electrons. The topological polar surface area (TPSA) is 0 Å². The predicted molar refractivity (Wildman–Crippen MR) is 80.9 cm³/mol. The fourth-order valence-electron chi connectivity index (χ4n) is 4.97. The van der Waals surface area contributed by atoms with Crippen molar-refractivity contribution < 1.29 is 0 Å². The molecule has 2 fully saturated rings. The molecule has 2 rings (SSSR count). The highest BCUT2D eigenvalue weighted by atomic mass is 14.6. The summed E-state index contributed by atoms with van der Waals surface area (Å²) < 4.78 is 0. The molecule has 0 saturated heterocycles. The monoisotopic (exact) mass is 250 g/mol. The maximum Gasteiger partial charge on any atom is -0.0241 e. The second kappa shape index (κ2) is 6.44. The second-order valence-electron chi connectivity index (χ2n) is 7.18. The lowest BCUT2D eigenvalue weighted by Gasteiger charge is -2.56. The molecule has 0 bridgehead atoms. The van der Waals surface area contributed by atoms with E-state index in [0.29, 0.717) is 0 Å². The first kappa shape index (κ1) is 14.4. The Morgan fingerprint density at radius 3 is 1.56 bits per heavy atom. The van der Waals surface area contributed by atoms with Crippen LogP contribution in [0.25, 0.3) is 0 Å². The van der Waals surface area contributed by atoms with Crippen LogP contribution in [0.5, 0.6) is 0 Å². The summed E-state index contributed by atoms with van der Waals surface area (Å²) in [7, 11) is 0. The van der Waals surface area contributed by atoms with E-state index in [4.69, 9.17) is 0 Å². The maximum absolute atomic E-state index is 2.37. The van der Waals surface area contributed by atoms with E-state index >= 15 is 0 Å². The lowest BCUT2D eigenvalue weighted by atomic mass is 9.49. The summed E-state index contributed by atoms with van der Waals surface area (Å²) in [5.74, 6) is 0. The van der Waals surface area contributed by atoms with Gasteiger partial charge in [-0.05, 0) is 49.4 Å². The van der Waals surface area contributed by atoms with E-state index in [1.54, 1.807) is 38.5 Å². The van der Waals surface area contributed by atoms with Crippen LogP contribution in [0.2, 0.25) is 0 Å². The molecule has 0 aliphatic heterocycles. The summed E-state index contributed by atoms with van der Waals surface area (Å²) in [5.41, 5.74) is 1.59. The van der Waals surface area contributed by atoms with Crippen molar-refractivity contribution in [3.8, 4) is 0 Å². The van der Waals surface area contributed by atoms with Gasteiger partial charge in [0.05, 0.1) is 0 Å². The Bertz CT molecular complexity index is 230. The van der Waals surface area contributed by atoms with Gasteiger partial charge in [-0.3, -0.25) is 0 Å². The van der Waals surface area contributed by atoms with Gasteiger partial charge in [-0.25, -0.2) is 0 Å². The van der Waals surface area contributed by atoms with Gasteiger partial charge in [0.1, 0.15) is 0 Å². The van der Waals surface area contributed by atoms with Crippen molar-refractivity contribution in [2.75, 3.05) is 0 Å². The number of hydrogen-bond donors (Lipinski definition) is 0. The molecule has 0 N–H and O–H groups in total. The molecule has 18 heavy (non-hydrogen) atoms. The van der Waals surface area contributed by atoms with E-state index in [0.717, 1.165) is 10.8 Å². The molecular weight excluding hydrogens is 216 g/mol. The van der Waals surface area contributed by atoms with Crippen LogP contribution >= 0.6 is 0 Å². The minimum atomic E-state index is 0.787. The maximum atomic E-state index is 2.37. The van der Waals surface area contributed by atoms with Gasteiger partial charge in [-0.2, -0.15) is 0 Å². The number of hydrogen-bond acceptors (Lipinski definition) is 0. The predicted octanol–water partition coefficient (Wildman–Crippen LogP) is 6.49. The van der Waals surface area contributed by atoms with Crippen molar-refractivity contribution in [2.45, 2.75) is 104 Å². The fourth-order valence-corrected chi connectivity index (χ4v) is 4.97. The molecule has 0 aromatic carbocycles. The Balaban J connectivity index is 2.02. The van der Waals surface area contributed by atoms with Crippen molar-refractivity contribution >= 4 is 0 Å². The third-order valence-electron chi connectivity index (χ3n) is 6.26. The van der Waals surface area contributed by atoms with Crippen LogP contribution in [0.4, 0.5) is 0 Å². The van der Waals surface area contributed by atoms with Crippen molar-refractivity contribution in [3.63, 3.8) is 0 Å². The summed E-state index contributed by atoms with van der Waals surface area (Å²) in [4.78, 5) is 0. The molecule has 0 heterocycles. The summed E-state index contributed by atoms with van der Waals surface area (Å²) in [6.07, 6.45) is 21.2. The zero-order valence-corrected chi connectivity index (χ0v) is 12.9. The molecule has 106 valence electrons. The third kappa shape index (κ3) is 2.63. The summed E-state index contributed by atoms with van der Waals surface area (Å²) in [6, 6.07) is 0. The summed E-state index contributed by atoms with van der Waals surface area (Å²) in [6.45, 7) is 4.71. The smallest absolute Gasteiger partial charge is 0.0241 e. The summed E-state index contributed by atoms with van der Waals surface area (Å²) >= 11 is 0. The van der Waals surface area contributed by atoms with Crippen LogP contribution < -0.4 is 0 Å². The molecule has 0 nitrogen and oxygen atoms in total. The first-order chi connectivity index (χ1) is 8.79. The Kier molecular flexibility index (Phi) is 5.15. The summed E-state index contributed by atoms with van der Waals surface area (Å²) in [5, 5.41) is 0. The van der Waals surface area contributed by atoms with Crippen LogP contribution in [-0.4, -0.2) is 0 Å². The van der Waals surface area contributed by atoms with Crippen molar-refractivity contribution in [1.29, 1.82) is 0 Å². The molecule has 0 spiro atoms. The van der Waals surface area contributed by atoms with Gasteiger partial charge >= 0.3 is 0 Å². The molecule has 2 saturated carbocycles. The Morgan fingerprint density at radius 2 is 1.11 bits per heavy atom. The minimum Gasteiger partial charge on any atom is -0.0654 e. The quantitative estimate of drug-likeness (QED) is 0.432. The van der Waals surface area contributed by atoms with Crippen LogP contribution in [0.3, 0.4) is 0 Å². The standard InChI is InChI=1S/C18H34/c1-3-5-7-12-18(13-8-9-14-18)17(11-6-4-2)15-10-16-17/h3-16H2,1-2H3. The molecule has 0 atom stereocenters. The largest absolute Gasteiger partial charge is 0.0654 e. The van der Waals surface area contributed by atoms with Crippen molar-refractivity contribution in [1.82, 2.24) is 0 Å². The molecule has 0 aromatic rings. The Labute approximate surface area is 115 Å². The van der Waals surface area contributed by atoms with E-state index in [1.165, 1.54) is 51.4 Å². The number of unbranched alkanes of at least 4 members (excludes halogenated alkanes) is 3. The normalized spacial score (nSPS) is 25.0. The van der Waals surface area contributed by atoms with Gasteiger partial charge in [0, 0.05) is 0 Å². The highest BCUT2D eigenvalue weighted by molar-refractivity contribution is 5.04. The van der Waals surface area contributed by atoms with Gasteiger partial charge < -0.3 is 0 Å². The van der Waals surface area contributed by atoms with E-state index in [-0.39, 0.29) is 0 Å². The SMILES string of the molecule is CCCCCC1(C2(CCCC)CCC2)CCCC1. The van der Waals surface area contributed by atoms with Gasteiger partial charge in [0.25, 0.3) is 0 Å². The van der Waals surface area contributed by atoms with E-state index in [9.17, 15) is 0 Å². The molecule has 2 aliphatic rings. The van der Waals surface area contributed by atoms with Crippen LogP contribution in [0.1, 0.15) is 104 Å². The lowest BCUT2D eigenvalue weighted by molar-refractivity contribution is -0.0549. The average molecular weight is 250 g/mol. The van der Waals surface area contributed by atoms with Gasteiger partial charge in [0.15, 0.2) is 0 Å². The van der Waals surface area contributed by atoms with Crippen LogP contribution in [0.15, 0.2) is 0 Å². The van der Waals surface area contributed by atoms with Gasteiger partial charge in [-0.15, -0.1) is 0 Å². The molecule has 0 aromatic heterocycles. The zero-order chi connectivity index (χ0) is 12.9. The highest BCUT2D eigenvalue weighted by Crippen LogP contribution is 2.65. The number of rotatable bonds is 8. The average Bonchev–Trinajstić information content (AvgIpc) is 2.78. The molecule has 0 unspecified atom stereocenters. The Hall–Kier alpha value is 0. The van der Waals surface area contributed by atoms with Crippen molar-refractivity contribution in [3.05, 3.63) is 0 Å². The van der Waals surface area contributed by atoms with E-state index in [1.807, 2.05) is 0 Å². The van der Waals surface area contributed by atoms with Gasteiger partial charge in [0.2, 0.25) is 0 Å². The highest BCUT2D eigenvalue weighted by Gasteiger charge is 2.53. The zero-order valence-electron chi connectivity index (χ0n) is 12.9.